The zero-order chi connectivity index (χ0) is 10.7. The Balaban J connectivity index is 2.16. The van der Waals surface area contributed by atoms with Crippen molar-refractivity contribution in [2.45, 2.75) is 26.7 Å². The number of unbranched alkanes of at least 4 members (excludes halogenated alkanes) is 1. The van der Waals surface area contributed by atoms with Crippen LogP contribution in [-0.2, 0) is 0 Å². The smallest absolute Gasteiger partial charge is 0.140 e. The quantitative estimate of drug-likeness (QED) is 0.716. The summed E-state index contributed by atoms with van der Waals surface area (Å²) >= 11 is 0. The third-order valence-corrected chi connectivity index (χ3v) is 2.44. The maximum absolute atomic E-state index is 5.61. The average Bonchev–Trinajstić information content (AvgIpc) is 2.61. The summed E-state index contributed by atoms with van der Waals surface area (Å²) in [4.78, 5) is 4.29. The van der Waals surface area contributed by atoms with E-state index in [0.29, 0.717) is 0 Å². The fourth-order valence-corrected chi connectivity index (χ4v) is 1.51. The topological polar surface area (TPSA) is 26.5 Å². The third-order valence-electron chi connectivity index (χ3n) is 2.44. The molecule has 80 valence electrons. The van der Waals surface area contributed by atoms with Crippen LogP contribution in [0.3, 0.4) is 0 Å². The molecule has 0 aliphatic heterocycles. The van der Waals surface area contributed by atoms with Crippen LogP contribution in [0, 0.1) is 6.92 Å². The monoisotopic (exact) mass is 204 g/mol. The Morgan fingerprint density at radius 1 is 1.47 bits per heavy atom. The van der Waals surface area contributed by atoms with Gasteiger partial charge in [0.25, 0.3) is 0 Å². The molecule has 0 unspecified atom stereocenters. The number of ether oxygens (including phenoxy) is 1. The van der Waals surface area contributed by atoms with Crippen LogP contribution in [0.1, 0.15) is 25.5 Å². The fourth-order valence-electron chi connectivity index (χ4n) is 1.51. The zero-order valence-corrected chi connectivity index (χ0v) is 9.23. The second-order valence-electron chi connectivity index (χ2n) is 3.69. The minimum atomic E-state index is 0.784. The molecule has 0 spiro atoms. The highest BCUT2D eigenvalue weighted by atomic mass is 16.5. The van der Waals surface area contributed by atoms with Gasteiger partial charge in [0, 0.05) is 24.2 Å². The highest BCUT2D eigenvalue weighted by Crippen LogP contribution is 2.15. The van der Waals surface area contributed by atoms with Crippen LogP contribution in [0.4, 0.5) is 0 Å². The molecule has 2 rings (SSSR count). The maximum Gasteiger partial charge on any atom is 0.140 e. The molecule has 15 heavy (non-hydrogen) atoms. The summed E-state index contributed by atoms with van der Waals surface area (Å²) in [6, 6.07) is 3.96. The number of aromatic nitrogens is 2. The molecule has 2 aromatic heterocycles. The largest absolute Gasteiger partial charge is 0.493 e. The van der Waals surface area contributed by atoms with Crippen LogP contribution in [0.2, 0.25) is 0 Å². The number of imidazole rings is 1. The fraction of sp³-hybridized carbons (Fsp3) is 0.417. The van der Waals surface area contributed by atoms with Crippen molar-refractivity contribution in [3.05, 3.63) is 30.2 Å². The molecule has 0 radical (unpaired) electrons. The standard InChI is InChI=1S/C12H16N2O/c1-3-4-7-15-11-5-6-14-10(2)9-13-12(14)8-11/h5-6,8-9H,3-4,7H2,1-2H3. The summed E-state index contributed by atoms with van der Waals surface area (Å²) < 4.78 is 7.66. The van der Waals surface area contributed by atoms with Crippen molar-refractivity contribution >= 4 is 5.65 Å². The third kappa shape index (κ3) is 2.12. The highest BCUT2D eigenvalue weighted by molar-refractivity contribution is 5.45. The average molecular weight is 204 g/mol. The van der Waals surface area contributed by atoms with E-state index in [4.69, 9.17) is 4.74 Å². The Hall–Kier alpha value is -1.51. The van der Waals surface area contributed by atoms with Gasteiger partial charge in [0.15, 0.2) is 0 Å². The Bertz CT molecular complexity index is 448. The van der Waals surface area contributed by atoms with Crippen LogP contribution in [0.25, 0.3) is 5.65 Å². The second kappa shape index (κ2) is 4.34. The maximum atomic E-state index is 5.61. The van der Waals surface area contributed by atoms with E-state index in [1.54, 1.807) is 0 Å². The zero-order valence-electron chi connectivity index (χ0n) is 9.23. The number of hydrogen-bond donors (Lipinski definition) is 0. The van der Waals surface area contributed by atoms with E-state index in [0.717, 1.165) is 36.5 Å². The van der Waals surface area contributed by atoms with E-state index in [-0.39, 0.29) is 0 Å². The summed E-state index contributed by atoms with van der Waals surface area (Å²) in [6.45, 7) is 4.98. The molecule has 0 aromatic carbocycles. The molecule has 0 aliphatic carbocycles. The van der Waals surface area contributed by atoms with Crippen LogP contribution in [-0.4, -0.2) is 16.0 Å². The van der Waals surface area contributed by atoms with Gasteiger partial charge < -0.3 is 9.14 Å². The summed E-state index contributed by atoms with van der Waals surface area (Å²) in [5.41, 5.74) is 2.09. The van der Waals surface area contributed by atoms with E-state index in [2.05, 4.69) is 11.9 Å². The minimum absolute atomic E-state index is 0.784. The lowest BCUT2D eigenvalue weighted by molar-refractivity contribution is 0.309. The lowest BCUT2D eigenvalue weighted by Gasteiger charge is -2.05. The molecule has 0 saturated heterocycles. The van der Waals surface area contributed by atoms with Crippen molar-refractivity contribution in [2.24, 2.45) is 0 Å². The van der Waals surface area contributed by atoms with Gasteiger partial charge in [-0.1, -0.05) is 13.3 Å². The van der Waals surface area contributed by atoms with Crippen LogP contribution < -0.4 is 4.74 Å². The van der Waals surface area contributed by atoms with Crippen LogP contribution in [0.5, 0.6) is 5.75 Å². The highest BCUT2D eigenvalue weighted by Gasteiger charge is 2.00. The Morgan fingerprint density at radius 3 is 3.13 bits per heavy atom. The van der Waals surface area contributed by atoms with Crippen LogP contribution >= 0.6 is 0 Å². The first kappa shape index (κ1) is 10.0. The molecule has 0 amide bonds. The molecule has 0 fully saturated rings. The van der Waals surface area contributed by atoms with Gasteiger partial charge in [-0.15, -0.1) is 0 Å². The first-order chi connectivity index (χ1) is 7.31. The SMILES string of the molecule is CCCCOc1ccn2c(C)cnc2c1. The molecular weight excluding hydrogens is 188 g/mol. The van der Waals surface area contributed by atoms with E-state index in [9.17, 15) is 0 Å². The predicted octanol–water partition coefficient (Wildman–Crippen LogP) is 2.82. The number of hydrogen-bond acceptors (Lipinski definition) is 2. The van der Waals surface area contributed by atoms with E-state index in [1.165, 1.54) is 0 Å². The van der Waals surface area contributed by atoms with Gasteiger partial charge in [0.05, 0.1) is 6.61 Å². The number of aryl methyl sites for hydroxylation is 1. The molecule has 2 aromatic rings. The second-order valence-corrected chi connectivity index (χ2v) is 3.69. The Kier molecular flexibility index (Phi) is 2.90. The summed E-state index contributed by atoms with van der Waals surface area (Å²) in [7, 11) is 0. The van der Waals surface area contributed by atoms with Crippen molar-refractivity contribution in [3.63, 3.8) is 0 Å². The number of nitrogens with zero attached hydrogens (tertiary/aromatic N) is 2. The number of pyridine rings is 1. The van der Waals surface area contributed by atoms with Crippen molar-refractivity contribution in [2.75, 3.05) is 6.61 Å². The molecule has 0 atom stereocenters. The van der Waals surface area contributed by atoms with E-state index < -0.39 is 0 Å². The van der Waals surface area contributed by atoms with Gasteiger partial charge in [-0.2, -0.15) is 0 Å². The Morgan fingerprint density at radius 2 is 2.33 bits per heavy atom. The van der Waals surface area contributed by atoms with Gasteiger partial charge >= 0.3 is 0 Å². The first-order valence-corrected chi connectivity index (χ1v) is 5.38. The van der Waals surface area contributed by atoms with Gasteiger partial charge in [-0.3, -0.25) is 0 Å². The normalized spacial score (nSPS) is 10.8. The van der Waals surface area contributed by atoms with Crippen molar-refractivity contribution in [3.8, 4) is 5.75 Å². The molecule has 0 saturated carbocycles. The molecule has 0 bridgehead atoms. The molecule has 0 N–H and O–H groups in total. The molecular formula is C12H16N2O. The van der Waals surface area contributed by atoms with Crippen molar-refractivity contribution in [1.29, 1.82) is 0 Å². The first-order valence-electron chi connectivity index (χ1n) is 5.38. The van der Waals surface area contributed by atoms with E-state index >= 15 is 0 Å². The van der Waals surface area contributed by atoms with E-state index in [1.807, 2.05) is 35.9 Å². The van der Waals surface area contributed by atoms with Gasteiger partial charge in [-0.25, -0.2) is 4.98 Å². The predicted molar refractivity (Wildman–Crippen MR) is 60.3 cm³/mol. The lowest BCUT2D eigenvalue weighted by atomic mass is 10.3. The van der Waals surface area contributed by atoms with Crippen molar-refractivity contribution in [1.82, 2.24) is 9.38 Å². The van der Waals surface area contributed by atoms with Crippen LogP contribution in [0.15, 0.2) is 24.5 Å². The number of fused-ring (bicyclic) bond motifs is 1. The molecule has 3 heteroatoms. The van der Waals surface area contributed by atoms with Gasteiger partial charge in [0.2, 0.25) is 0 Å². The minimum Gasteiger partial charge on any atom is -0.493 e. The summed E-state index contributed by atoms with van der Waals surface area (Å²) in [5.74, 6) is 0.904. The molecule has 0 aliphatic rings. The molecule has 2 heterocycles. The van der Waals surface area contributed by atoms with Gasteiger partial charge in [-0.05, 0) is 19.4 Å². The summed E-state index contributed by atoms with van der Waals surface area (Å²) in [5, 5.41) is 0. The number of rotatable bonds is 4. The molecule has 3 nitrogen and oxygen atoms in total. The van der Waals surface area contributed by atoms with Crippen molar-refractivity contribution < 1.29 is 4.74 Å². The lowest BCUT2D eigenvalue weighted by Crippen LogP contribution is -1.97. The Labute approximate surface area is 89.7 Å². The summed E-state index contributed by atoms with van der Waals surface area (Å²) in [6.07, 6.45) is 6.12. The van der Waals surface area contributed by atoms with Gasteiger partial charge in [0.1, 0.15) is 11.4 Å².